The molecule has 3 heteroatoms. The number of unbranched alkanes of at least 4 members (excludes halogenated alkanes) is 1. The molecule has 0 spiro atoms. The van der Waals surface area contributed by atoms with E-state index in [2.05, 4.69) is 43.4 Å². The van der Waals surface area contributed by atoms with E-state index in [1.165, 1.54) is 11.1 Å². The highest BCUT2D eigenvalue weighted by Gasteiger charge is 1.99. The van der Waals surface area contributed by atoms with Crippen LogP contribution in [-0.4, -0.2) is 24.2 Å². The Labute approximate surface area is 116 Å². The van der Waals surface area contributed by atoms with Crippen LogP contribution in [-0.2, 0) is 11.2 Å². The van der Waals surface area contributed by atoms with E-state index in [9.17, 15) is 4.79 Å². The summed E-state index contributed by atoms with van der Waals surface area (Å²) in [6, 6.07) is 8.79. The van der Waals surface area contributed by atoms with Crippen LogP contribution in [0.15, 0.2) is 24.3 Å². The van der Waals surface area contributed by atoms with Crippen LogP contribution in [0.1, 0.15) is 50.2 Å². The van der Waals surface area contributed by atoms with Crippen LogP contribution in [0.5, 0.6) is 0 Å². The van der Waals surface area contributed by atoms with Crippen LogP contribution in [0.2, 0.25) is 0 Å². The van der Waals surface area contributed by atoms with Gasteiger partial charge in [-0.05, 0) is 49.4 Å². The van der Waals surface area contributed by atoms with Gasteiger partial charge >= 0.3 is 5.97 Å². The van der Waals surface area contributed by atoms with Crippen molar-refractivity contribution in [3.8, 4) is 0 Å². The van der Waals surface area contributed by atoms with E-state index in [0.29, 0.717) is 5.92 Å². The third kappa shape index (κ3) is 6.97. The van der Waals surface area contributed by atoms with Crippen LogP contribution >= 0.6 is 0 Å². The van der Waals surface area contributed by atoms with Gasteiger partial charge in [-0.1, -0.05) is 38.1 Å². The van der Waals surface area contributed by atoms with Crippen molar-refractivity contribution < 1.29 is 9.90 Å². The molecule has 0 atom stereocenters. The molecular formula is C16H25NO2. The second-order valence-corrected chi connectivity index (χ2v) is 5.25. The summed E-state index contributed by atoms with van der Waals surface area (Å²) >= 11 is 0. The van der Waals surface area contributed by atoms with Gasteiger partial charge in [0.15, 0.2) is 0 Å². The fourth-order valence-corrected chi connectivity index (χ4v) is 1.95. The maximum Gasteiger partial charge on any atom is 0.303 e. The SMILES string of the molecule is CC(C)c1ccc(CCNCCCCC(=O)O)cc1. The monoisotopic (exact) mass is 263 g/mol. The molecule has 1 aromatic carbocycles. The summed E-state index contributed by atoms with van der Waals surface area (Å²) < 4.78 is 0. The highest BCUT2D eigenvalue weighted by Crippen LogP contribution is 2.14. The first-order valence-corrected chi connectivity index (χ1v) is 7.11. The minimum absolute atomic E-state index is 0.276. The smallest absolute Gasteiger partial charge is 0.303 e. The molecule has 0 radical (unpaired) electrons. The number of aliphatic carboxylic acids is 1. The molecule has 0 heterocycles. The zero-order valence-electron chi connectivity index (χ0n) is 12.0. The zero-order valence-corrected chi connectivity index (χ0v) is 12.0. The van der Waals surface area contributed by atoms with Gasteiger partial charge in [0, 0.05) is 6.42 Å². The first kappa shape index (κ1) is 15.7. The van der Waals surface area contributed by atoms with Gasteiger partial charge in [-0.15, -0.1) is 0 Å². The van der Waals surface area contributed by atoms with E-state index < -0.39 is 5.97 Å². The number of carbonyl (C=O) groups is 1. The van der Waals surface area contributed by atoms with E-state index in [1.807, 2.05) is 0 Å². The van der Waals surface area contributed by atoms with Crippen molar-refractivity contribution in [2.75, 3.05) is 13.1 Å². The van der Waals surface area contributed by atoms with Crippen molar-refractivity contribution in [2.45, 2.75) is 45.4 Å². The molecule has 0 aliphatic heterocycles. The second-order valence-electron chi connectivity index (χ2n) is 5.25. The van der Waals surface area contributed by atoms with Gasteiger partial charge in [0.2, 0.25) is 0 Å². The Morgan fingerprint density at radius 3 is 2.42 bits per heavy atom. The van der Waals surface area contributed by atoms with Crippen molar-refractivity contribution in [3.05, 3.63) is 35.4 Å². The van der Waals surface area contributed by atoms with Crippen LogP contribution in [0.4, 0.5) is 0 Å². The Hall–Kier alpha value is -1.35. The summed E-state index contributed by atoms with van der Waals surface area (Å²) in [6.07, 6.45) is 2.99. The zero-order chi connectivity index (χ0) is 14.1. The van der Waals surface area contributed by atoms with Crippen LogP contribution < -0.4 is 5.32 Å². The molecule has 0 saturated carbocycles. The molecule has 0 saturated heterocycles. The first-order valence-electron chi connectivity index (χ1n) is 7.11. The molecule has 106 valence electrons. The topological polar surface area (TPSA) is 49.3 Å². The van der Waals surface area contributed by atoms with Crippen molar-refractivity contribution in [3.63, 3.8) is 0 Å². The van der Waals surface area contributed by atoms with Crippen LogP contribution in [0, 0.1) is 0 Å². The fourth-order valence-electron chi connectivity index (χ4n) is 1.95. The molecule has 0 amide bonds. The van der Waals surface area contributed by atoms with E-state index >= 15 is 0 Å². The number of carboxylic acid groups (broad SMARTS) is 1. The second kappa shape index (κ2) is 8.70. The molecule has 19 heavy (non-hydrogen) atoms. The minimum Gasteiger partial charge on any atom is -0.481 e. The van der Waals surface area contributed by atoms with Gasteiger partial charge in [-0.2, -0.15) is 0 Å². The lowest BCUT2D eigenvalue weighted by molar-refractivity contribution is -0.137. The summed E-state index contributed by atoms with van der Waals surface area (Å²) in [5.41, 5.74) is 2.73. The predicted molar refractivity (Wildman–Crippen MR) is 78.6 cm³/mol. The van der Waals surface area contributed by atoms with Gasteiger partial charge in [0.25, 0.3) is 0 Å². The Bertz CT molecular complexity index is 371. The highest BCUT2D eigenvalue weighted by molar-refractivity contribution is 5.66. The number of benzene rings is 1. The molecule has 1 aromatic rings. The quantitative estimate of drug-likeness (QED) is 0.673. The summed E-state index contributed by atoms with van der Waals surface area (Å²) in [7, 11) is 0. The summed E-state index contributed by atoms with van der Waals surface area (Å²) in [6.45, 7) is 6.26. The molecule has 1 rings (SSSR count). The highest BCUT2D eigenvalue weighted by atomic mass is 16.4. The van der Waals surface area contributed by atoms with Crippen molar-refractivity contribution in [2.24, 2.45) is 0 Å². The van der Waals surface area contributed by atoms with E-state index in [0.717, 1.165) is 32.4 Å². The van der Waals surface area contributed by atoms with Gasteiger partial charge < -0.3 is 10.4 Å². The van der Waals surface area contributed by atoms with E-state index in [-0.39, 0.29) is 6.42 Å². The Kier molecular flexibility index (Phi) is 7.19. The largest absolute Gasteiger partial charge is 0.481 e. The molecule has 3 nitrogen and oxygen atoms in total. The molecule has 0 unspecified atom stereocenters. The standard InChI is InChI=1S/C16H25NO2/c1-13(2)15-8-6-14(7-9-15)10-12-17-11-4-3-5-16(18)19/h6-9,13,17H,3-5,10-12H2,1-2H3,(H,18,19). The average Bonchev–Trinajstić information content (AvgIpc) is 2.38. The van der Waals surface area contributed by atoms with Gasteiger partial charge in [-0.3, -0.25) is 4.79 Å². The average molecular weight is 263 g/mol. The summed E-state index contributed by atoms with van der Waals surface area (Å²) in [4.78, 5) is 10.3. The molecule has 2 N–H and O–H groups in total. The molecule has 0 fully saturated rings. The number of hydrogen-bond acceptors (Lipinski definition) is 2. The summed E-state index contributed by atoms with van der Waals surface area (Å²) in [5.74, 6) is -0.119. The maximum atomic E-state index is 10.3. The number of carboxylic acids is 1. The molecule has 0 aliphatic carbocycles. The van der Waals surface area contributed by atoms with Crippen molar-refractivity contribution in [1.82, 2.24) is 5.32 Å². The number of rotatable bonds is 9. The lowest BCUT2D eigenvalue weighted by Gasteiger charge is -2.07. The fraction of sp³-hybridized carbons (Fsp3) is 0.562. The third-order valence-corrected chi connectivity index (χ3v) is 3.23. The molecule has 0 bridgehead atoms. The lowest BCUT2D eigenvalue weighted by Crippen LogP contribution is -2.18. The first-order chi connectivity index (χ1) is 9.09. The molecule has 0 aliphatic rings. The van der Waals surface area contributed by atoms with Crippen molar-refractivity contribution in [1.29, 1.82) is 0 Å². The third-order valence-electron chi connectivity index (χ3n) is 3.23. The maximum absolute atomic E-state index is 10.3. The van der Waals surface area contributed by atoms with Crippen LogP contribution in [0.3, 0.4) is 0 Å². The minimum atomic E-state index is -0.703. The van der Waals surface area contributed by atoms with Gasteiger partial charge in [0.1, 0.15) is 0 Å². The Morgan fingerprint density at radius 2 is 1.84 bits per heavy atom. The van der Waals surface area contributed by atoms with Gasteiger partial charge in [-0.25, -0.2) is 0 Å². The van der Waals surface area contributed by atoms with Crippen molar-refractivity contribution >= 4 is 5.97 Å². The van der Waals surface area contributed by atoms with Gasteiger partial charge in [0.05, 0.1) is 0 Å². The molecular weight excluding hydrogens is 238 g/mol. The Balaban J connectivity index is 2.10. The number of hydrogen-bond donors (Lipinski definition) is 2. The predicted octanol–water partition coefficient (Wildman–Crippen LogP) is 3.20. The van der Waals surface area contributed by atoms with Crippen LogP contribution in [0.25, 0.3) is 0 Å². The lowest BCUT2D eigenvalue weighted by atomic mass is 10.0. The molecule has 0 aromatic heterocycles. The van der Waals surface area contributed by atoms with E-state index in [1.54, 1.807) is 0 Å². The number of nitrogens with one attached hydrogen (secondary N) is 1. The normalized spacial score (nSPS) is 10.9. The Morgan fingerprint density at radius 1 is 1.16 bits per heavy atom. The van der Waals surface area contributed by atoms with E-state index in [4.69, 9.17) is 5.11 Å². The summed E-state index contributed by atoms with van der Waals surface area (Å²) in [5, 5.41) is 11.9.